The molecule has 7 heteroatoms. The number of nitrogens with one attached hydrogen (secondary N) is 1. The van der Waals surface area contributed by atoms with Crippen LogP contribution < -0.4 is 5.32 Å². The first-order valence-corrected chi connectivity index (χ1v) is 7.10. The van der Waals surface area contributed by atoms with Crippen LogP contribution in [0.15, 0.2) is 18.5 Å². The highest BCUT2D eigenvalue weighted by Crippen LogP contribution is 2.20. The minimum Gasteiger partial charge on any atom is -0.319 e. The van der Waals surface area contributed by atoms with Gasteiger partial charge in [0.15, 0.2) is 5.69 Å². The van der Waals surface area contributed by atoms with Crippen molar-refractivity contribution in [1.82, 2.24) is 15.0 Å². The Bertz CT molecular complexity index is 689. The number of amides is 1. The number of pyridine rings is 1. The Morgan fingerprint density at radius 1 is 1.24 bits per heavy atom. The summed E-state index contributed by atoms with van der Waals surface area (Å²) in [7, 11) is 0. The topological polar surface area (TPSA) is 67.8 Å². The van der Waals surface area contributed by atoms with Crippen LogP contribution in [0.4, 0.5) is 5.69 Å². The maximum atomic E-state index is 12.3. The van der Waals surface area contributed by atoms with Gasteiger partial charge in [-0.15, -0.1) is 0 Å². The lowest BCUT2D eigenvalue weighted by Crippen LogP contribution is -2.16. The fraction of sp³-hybridized carbons (Fsp3) is 0.286. The Balaban J connectivity index is 2.27. The molecule has 0 unspecified atom stereocenters. The number of hydrogen-bond acceptors (Lipinski definition) is 4. The number of hydrogen-bond donors (Lipinski definition) is 1. The summed E-state index contributed by atoms with van der Waals surface area (Å²) in [6.07, 6.45) is 2.91. The maximum Gasteiger partial charge on any atom is 0.275 e. The second kappa shape index (κ2) is 6.37. The van der Waals surface area contributed by atoms with Crippen molar-refractivity contribution < 1.29 is 4.79 Å². The molecule has 1 N–H and O–H groups in total. The van der Waals surface area contributed by atoms with E-state index in [0.29, 0.717) is 16.7 Å². The standard InChI is InChI=1S/C14H14Cl2N4O/c1-7(2)13-18-6-10(15)11(20-13)14(21)19-9-4-8(3)12(16)17-5-9/h4-7H,1-3H3,(H,19,21). The summed E-state index contributed by atoms with van der Waals surface area (Å²) in [6, 6.07) is 1.73. The van der Waals surface area contributed by atoms with E-state index in [9.17, 15) is 4.79 Å². The highest BCUT2D eigenvalue weighted by atomic mass is 35.5. The first kappa shape index (κ1) is 15.7. The van der Waals surface area contributed by atoms with Crippen LogP contribution in [0.1, 0.15) is 41.6 Å². The van der Waals surface area contributed by atoms with Crippen molar-refractivity contribution >= 4 is 34.8 Å². The van der Waals surface area contributed by atoms with E-state index in [0.717, 1.165) is 5.56 Å². The number of aromatic nitrogens is 3. The van der Waals surface area contributed by atoms with Gasteiger partial charge >= 0.3 is 0 Å². The van der Waals surface area contributed by atoms with Gasteiger partial charge in [-0.25, -0.2) is 15.0 Å². The molecule has 5 nitrogen and oxygen atoms in total. The van der Waals surface area contributed by atoms with Gasteiger partial charge in [0.2, 0.25) is 0 Å². The largest absolute Gasteiger partial charge is 0.319 e. The van der Waals surface area contributed by atoms with E-state index < -0.39 is 5.91 Å². The average molecular weight is 325 g/mol. The molecule has 2 rings (SSSR count). The molecule has 21 heavy (non-hydrogen) atoms. The third kappa shape index (κ3) is 3.68. The summed E-state index contributed by atoms with van der Waals surface area (Å²) < 4.78 is 0. The fourth-order valence-electron chi connectivity index (χ4n) is 1.63. The van der Waals surface area contributed by atoms with Gasteiger partial charge in [-0.2, -0.15) is 0 Å². The molecule has 2 aromatic rings. The third-order valence-electron chi connectivity index (χ3n) is 2.77. The number of halogens is 2. The molecule has 0 spiro atoms. The van der Waals surface area contributed by atoms with Crippen molar-refractivity contribution in [3.8, 4) is 0 Å². The van der Waals surface area contributed by atoms with Gasteiger partial charge in [0.25, 0.3) is 5.91 Å². The van der Waals surface area contributed by atoms with E-state index >= 15 is 0 Å². The first-order chi connectivity index (χ1) is 9.88. The van der Waals surface area contributed by atoms with Crippen molar-refractivity contribution in [3.63, 3.8) is 0 Å². The van der Waals surface area contributed by atoms with Gasteiger partial charge < -0.3 is 5.32 Å². The second-order valence-corrected chi connectivity index (χ2v) is 5.63. The molecule has 0 aliphatic carbocycles. The van der Waals surface area contributed by atoms with Gasteiger partial charge in [-0.1, -0.05) is 37.0 Å². The highest BCUT2D eigenvalue weighted by Gasteiger charge is 2.16. The molecular weight excluding hydrogens is 311 g/mol. The Kier molecular flexibility index (Phi) is 4.75. The average Bonchev–Trinajstić information content (AvgIpc) is 2.43. The molecule has 2 aromatic heterocycles. The van der Waals surface area contributed by atoms with E-state index in [2.05, 4.69) is 20.3 Å². The molecular formula is C14H14Cl2N4O. The predicted molar refractivity (Wildman–Crippen MR) is 83.1 cm³/mol. The van der Waals surface area contributed by atoms with Gasteiger partial charge in [0.05, 0.1) is 23.1 Å². The molecule has 0 atom stereocenters. The molecule has 0 saturated heterocycles. The molecule has 0 aliphatic heterocycles. The third-order valence-corrected chi connectivity index (χ3v) is 3.44. The minimum absolute atomic E-state index is 0.105. The van der Waals surface area contributed by atoms with Crippen LogP contribution in [0.3, 0.4) is 0 Å². The number of aryl methyl sites for hydroxylation is 1. The zero-order valence-corrected chi connectivity index (χ0v) is 13.3. The summed E-state index contributed by atoms with van der Waals surface area (Å²) in [5.74, 6) is 0.260. The normalized spacial score (nSPS) is 10.8. The number of nitrogens with zero attached hydrogens (tertiary/aromatic N) is 3. The van der Waals surface area contributed by atoms with Gasteiger partial charge in [-0.3, -0.25) is 4.79 Å². The monoisotopic (exact) mass is 324 g/mol. The first-order valence-electron chi connectivity index (χ1n) is 6.34. The van der Waals surface area contributed by atoms with Gasteiger partial charge in [0, 0.05) is 5.92 Å². The lowest BCUT2D eigenvalue weighted by molar-refractivity contribution is 0.102. The van der Waals surface area contributed by atoms with Crippen molar-refractivity contribution in [2.24, 2.45) is 0 Å². The molecule has 0 bridgehead atoms. The van der Waals surface area contributed by atoms with Crippen LogP contribution in [0.2, 0.25) is 10.2 Å². The Labute approximate surface area is 132 Å². The summed E-state index contributed by atoms with van der Waals surface area (Å²) in [5, 5.41) is 3.30. The van der Waals surface area contributed by atoms with E-state index in [-0.39, 0.29) is 16.6 Å². The molecule has 0 fully saturated rings. The molecule has 110 valence electrons. The Hall–Kier alpha value is -1.72. The van der Waals surface area contributed by atoms with Crippen LogP contribution >= 0.6 is 23.2 Å². The van der Waals surface area contributed by atoms with E-state index in [1.807, 2.05) is 13.8 Å². The molecule has 0 aliphatic rings. The van der Waals surface area contributed by atoms with E-state index in [1.165, 1.54) is 12.4 Å². The minimum atomic E-state index is -0.409. The lowest BCUT2D eigenvalue weighted by Gasteiger charge is -2.09. The van der Waals surface area contributed by atoms with Crippen LogP contribution in [0, 0.1) is 6.92 Å². The van der Waals surface area contributed by atoms with Crippen LogP contribution in [-0.2, 0) is 0 Å². The molecule has 0 aromatic carbocycles. The Morgan fingerprint density at radius 2 is 1.95 bits per heavy atom. The smallest absolute Gasteiger partial charge is 0.275 e. The zero-order chi connectivity index (χ0) is 15.6. The van der Waals surface area contributed by atoms with Gasteiger partial charge in [-0.05, 0) is 18.6 Å². The zero-order valence-electron chi connectivity index (χ0n) is 11.8. The second-order valence-electron chi connectivity index (χ2n) is 4.87. The summed E-state index contributed by atoms with van der Waals surface area (Å²) >= 11 is 11.8. The number of carbonyl (C=O) groups is 1. The molecule has 0 radical (unpaired) electrons. The van der Waals surface area contributed by atoms with Crippen molar-refractivity contribution in [2.45, 2.75) is 26.7 Å². The van der Waals surface area contributed by atoms with Crippen molar-refractivity contribution in [2.75, 3.05) is 5.32 Å². The van der Waals surface area contributed by atoms with Gasteiger partial charge in [0.1, 0.15) is 11.0 Å². The number of carbonyl (C=O) groups excluding carboxylic acids is 1. The van der Waals surface area contributed by atoms with E-state index in [1.54, 1.807) is 13.0 Å². The lowest BCUT2D eigenvalue weighted by atomic mass is 10.2. The summed E-state index contributed by atoms with van der Waals surface area (Å²) in [4.78, 5) is 24.5. The summed E-state index contributed by atoms with van der Waals surface area (Å²) in [6.45, 7) is 5.69. The van der Waals surface area contributed by atoms with Crippen LogP contribution in [0.25, 0.3) is 0 Å². The SMILES string of the molecule is Cc1cc(NC(=O)c2nc(C(C)C)ncc2Cl)cnc1Cl. The van der Waals surface area contributed by atoms with Crippen molar-refractivity contribution in [3.05, 3.63) is 45.7 Å². The molecule has 1 amide bonds. The van der Waals surface area contributed by atoms with E-state index in [4.69, 9.17) is 23.2 Å². The quantitative estimate of drug-likeness (QED) is 0.870. The highest BCUT2D eigenvalue weighted by molar-refractivity contribution is 6.34. The predicted octanol–water partition coefficient (Wildman–Crippen LogP) is 3.86. The summed E-state index contributed by atoms with van der Waals surface area (Å²) in [5.41, 5.74) is 1.44. The number of anilines is 1. The fourth-order valence-corrected chi connectivity index (χ4v) is 1.92. The van der Waals surface area contributed by atoms with Crippen molar-refractivity contribution in [1.29, 1.82) is 0 Å². The Morgan fingerprint density at radius 3 is 2.57 bits per heavy atom. The maximum absolute atomic E-state index is 12.3. The van der Waals surface area contributed by atoms with Crippen LogP contribution in [0.5, 0.6) is 0 Å². The number of rotatable bonds is 3. The molecule has 2 heterocycles. The molecule has 0 saturated carbocycles. The van der Waals surface area contributed by atoms with Crippen LogP contribution in [-0.4, -0.2) is 20.9 Å².